The van der Waals surface area contributed by atoms with Gasteiger partial charge in [-0.05, 0) is 19.1 Å². The van der Waals surface area contributed by atoms with Gasteiger partial charge < -0.3 is 14.6 Å². The Morgan fingerprint density at radius 2 is 2.25 bits per heavy atom. The number of methoxy groups -OCH3 is 1. The van der Waals surface area contributed by atoms with Crippen molar-refractivity contribution in [1.29, 1.82) is 0 Å². The number of aromatic nitrogens is 1. The van der Waals surface area contributed by atoms with Crippen LogP contribution in [0.4, 0.5) is 0 Å². The van der Waals surface area contributed by atoms with Crippen LogP contribution in [0.2, 0.25) is 5.02 Å². The predicted molar refractivity (Wildman–Crippen MR) is 75.8 cm³/mol. The maximum absolute atomic E-state index is 11.9. The number of nitrogens with zero attached hydrogens (tertiary/aromatic N) is 1. The molecule has 5 nitrogen and oxygen atoms in total. The number of benzene rings is 1. The molecular weight excluding hydrogens is 280 g/mol. The van der Waals surface area contributed by atoms with Gasteiger partial charge in [-0.3, -0.25) is 4.79 Å². The first-order valence-electron chi connectivity index (χ1n) is 6.13. The number of carbonyl (C=O) groups excluding carboxylic acids is 1. The third-order valence-corrected chi connectivity index (χ3v) is 3.01. The van der Waals surface area contributed by atoms with Gasteiger partial charge >= 0.3 is 0 Å². The van der Waals surface area contributed by atoms with E-state index in [2.05, 4.69) is 10.5 Å². The van der Waals surface area contributed by atoms with Gasteiger partial charge in [0.2, 0.25) is 0 Å². The molecule has 2 rings (SSSR count). The average Bonchev–Trinajstić information content (AvgIpc) is 2.89. The predicted octanol–water partition coefficient (Wildman–Crippen LogP) is 2.76. The fourth-order valence-corrected chi connectivity index (χ4v) is 1.99. The summed E-state index contributed by atoms with van der Waals surface area (Å²) in [5.41, 5.74) is 0.911. The van der Waals surface area contributed by atoms with Crippen LogP contribution in [-0.2, 0) is 4.74 Å². The molecule has 0 unspecified atom stereocenters. The molecule has 0 bridgehead atoms. The lowest BCUT2D eigenvalue weighted by molar-refractivity contribution is 0.0896. The zero-order valence-electron chi connectivity index (χ0n) is 11.2. The van der Waals surface area contributed by atoms with E-state index >= 15 is 0 Å². The summed E-state index contributed by atoms with van der Waals surface area (Å²) in [5, 5.41) is 7.06. The molecule has 0 aliphatic rings. The van der Waals surface area contributed by atoms with Gasteiger partial charge in [0.15, 0.2) is 11.5 Å². The van der Waals surface area contributed by atoms with Crippen LogP contribution < -0.4 is 5.32 Å². The minimum atomic E-state index is -0.309. The van der Waals surface area contributed by atoms with E-state index in [0.29, 0.717) is 23.0 Å². The molecule has 106 valence electrons. The summed E-state index contributed by atoms with van der Waals surface area (Å²) in [6.07, 6.45) is 0. The lowest BCUT2D eigenvalue weighted by Crippen LogP contribution is -2.35. The number of carbonyl (C=O) groups is 1. The van der Waals surface area contributed by atoms with Gasteiger partial charge in [0.1, 0.15) is 0 Å². The van der Waals surface area contributed by atoms with Crippen LogP contribution in [0.5, 0.6) is 0 Å². The highest BCUT2D eigenvalue weighted by molar-refractivity contribution is 6.33. The number of amides is 1. The Morgan fingerprint density at radius 3 is 2.95 bits per heavy atom. The largest absolute Gasteiger partial charge is 0.383 e. The Balaban J connectivity index is 2.13. The summed E-state index contributed by atoms with van der Waals surface area (Å²) in [5.74, 6) is 0.150. The monoisotopic (exact) mass is 294 g/mol. The van der Waals surface area contributed by atoms with Crippen molar-refractivity contribution in [3.63, 3.8) is 0 Å². The maximum atomic E-state index is 11.9. The third-order valence-electron chi connectivity index (χ3n) is 2.68. The summed E-state index contributed by atoms with van der Waals surface area (Å²) in [6, 6.07) is 8.67. The molecule has 0 saturated heterocycles. The minimum Gasteiger partial charge on any atom is -0.383 e. The molecule has 1 atom stereocenters. The van der Waals surface area contributed by atoms with Gasteiger partial charge in [-0.15, -0.1) is 0 Å². The van der Waals surface area contributed by atoms with Crippen LogP contribution in [-0.4, -0.2) is 30.8 Å². The first-order valence-corrected chi connectivity index (χ1v) is 6.51. The van der Waals surface area contributed by atoms with Crippen molar-refractivity contribution in [2.24, 2.45) is 0 Å². The second-order valence-corrected chi connectivity index (χ2v) is 4.79. The highest BCUT2D eigenvalue weighted by Crippen LogP contribution is 2.27. The Hall–Kier alpha value is -1.85. The van der Waals surface area contributed by atoms with Crippen LogP contribution in [0.25, 0.3) is 11.3 Å². The highest BCUT2D eigenvalue weighted by atomic mass is 35.5. The summed E-state index contributed by atoms with van der Waals surface area (Å²) >= 11 is 6.07. The molecule has 2 aromatic rings. The van der Waals surface area contributed by atoms with Crippen LogP contribution in [0.3, 0.4) is 0 Å². The number of nitrogens with one attached hydrogen (secondary N) is 1. The van der Waals surface area contributed by atoms with Crippen molar-refractivity contribution in [3.05, 3.63) is 41.0 Å². The maximum Gasteiger partial charge on any atom is 0.273 e. The van der Waals surface area contributed by atoms with Crippen molar-refractivity contribution in [1.82, 2.24) is 10.5 Å². The summed E-state index contributed by atoms with van der Waals surface area (Å²) in [4.78, 5) is 11.9. The standard InChI is InChI=1S/C14H15ClN2O3/c1-9(8-19-2)16-14(18)12-7-13(20-17-12)10-5-3-4-6-11(10)15/h3-7,9H,8H2,1-2H3,(H,16,18)/t9-/m1/s1. The molecule has 20 heavy (non-hydrogen) atoms. The number of rotatable bonds is 5. The normalized spacial score (nSPS) is 12.2. The Labute approximate surface area is 121 Å². The second kappa shape index (κ2) is 6.54. The zero-order valence-corrected chi connectivity index (χ0v) is 12.0. The van der Waals surface area contributed by atoms with Crippen LogP contribution >= 0.6 is 11.6 Å². The first-order chi connectivity index (χ1) is 9.61. The molecule has 1 aromatic heterocycles. The van der Waals surface area contributed by atoms with E-state index in [0.717, 1.165) is 0 Å². The third kappa shape index (κ3) is 3.37. The topological polar surface area (TPSA) is 64.4 Å². The van der Waals surface area contributed by atoms with Gasteiger partial charge in [0.05, 0.1) is 11.6 Å². The van der Waals surface area contributed by atoms with Crippen LogP contribution in [0.1, 0.15) is 17.4 Å². The lowest BCUT2D eigenvalue weighted by Gasteiger charge is -2.10. The van der Waals surface area contributed by atoms with Gasteiger partial charge in [-0.2, -0.15) is 0 Å². The number of ether oxygens (including phenoxy) is 1. The van der Waals surface area contributed by atoms with E-state index in [1.54, 1.807) is 25.3 Å². The Bertz CT molecular complexity index is 598. The number of hydrogen-bond acceptors (Lipinski definition) is 4. The van der Waals surface area contributed by atoms with Crippen molar-refractivity contribution in [2.75, 3.05) is 13.7 Å². The van der Waals surface area contributed by atoms with E-state index in [-0.39, 0.29) is 17.6 Å². The molecular formula is C14H15ClN2O3. The molecule has 0 radical (unpaired) electrons. The molecule has 1 aromatic carbocycles. The Kier molecular flexibility index (Phi) is 4.76. The van der Waals surface area contributed by atoms with Crippen LogP contribution in [0, 0.1) is 0 Å². The molecule has 0 aliphatic heterocycles. The van der Waals surface area contributed by atoms with Crippen molar-refractivity contribution in [3.8, 4) is 11.3 Å². The first kappa shape index (κ1) is 14.6. The van der Waals surface area contributed by atoms with E-state index < -0.39 is 0 Å². The lowest BCUT2D eigenvalue weighted by atomic mass is 10.1. The fourth-order valence-electron chi connectivity index (χ4n) is 1.76. The summed E-state index contributed by atoms with van der Waals surface area (Å²) in [6.45, 7) is 2.28. The molecule has 0 fully saturated rings. The van der Waals surface area contributed by atoms with E-state index in [9.17, 15) is 4.79 Å². The van der Waals surface area contributed by atoms with Crippen molar-refractivity contribution in [2.45, 2.75) is 13.0 Å². The SMILES string of the molecule is COC[C@@H](C)NC(=O)c1cc(-c2ccccc2Cl)on1. The van der Waals surface area contributed by atoms with Gasteiger partial charge in [0, 0.05) is 24.8 Å². The van der Waals surface area contributed by atoms with Crippen molar-refractivity contribution >= 4 is 17.5 Å². The minimum absolute atomic E-state index is 0.104. The molecule has 1 N–H and O–H groups in total. The highest BCUT2D eigenvalue weighted by Gasteiger charge is 2.16. The fraction of sp³-hybridized carbons (Fsp3) is 0.286. The van der Waals surface area contributed by atoms with Gasteiger partial charge in [0.25, 0.3) is 5.91 Å². The number of halogens is 1. The van der Waals surface area contributed by atoms with E-state index in [1.165, 1.54) is 0 Å². The second-order valence-electron chi connectivity index (χ2n) is 4.39. The Morgan fingerprint density at radius 1 is 1.50 bits per heavy atom. The smallest absolute Gasteiger partial charge is 0.273 e. The average molecular weight is 295 g/mol. The molecule has 1 heterocycles. The van der Waals surface area contributed by atoms with Gasteiger partial charge in [-0.1, -0.05) is 28.9 Å². The molecule has 6 heteroatoms. The molecule has 0 spiro atoms. The van der Waals surface area contributed by atoms with Gasteiger partial charge in [-0.25, -0.2) is 0 Å². The molecule has 0 saturated carbocycles. The van der Waals surface area contributed by atoms with E-state index in [4.69, 9.17) is 20.9 Å². The summed E-state index contributed by atoms with van der Waals surface area (Å²) in [7, 11) is 1.58. The van der Waals surface area contributed by atoms with E-state index in [1.807, 2.05) is 19.1 Å². The zero-order chi connectivity index (χ0) is 14.5. The van der Waals surface area contributed by atoms with Crippen molar-refractivity contribution < 1.29 is 14.1 Å². The number of hydrogen-bond donors (Lipinski definition) is 1. The molecule has 1 amide bonds. The quantitative estimate of drug-likeness (QED) is 0.921. The summed E-state index contributed by atoms with van der Waals surface area (Å²) < 4.78 is 10.1. The molecule has 0 aliphatic carbocycles. The van der Waals surface area contributed by atoms with Crippen LogP contribution in [0.15, 0.2) is 34.9 Å².